The first kappa shape index (κ1) is 19.0. The van der Waals surface area contributed by atoms with E-state index in [0.717, 1.165) is 11.3 Å². The van der Waals surface area contributed by atoms with Gasteiger partial charge < -0.3 is 4.74 Å². The van der Waals surface area contributed by atoms with E-state index in [2.05, 4.69) is 54.8 Å². The Morgan fingerprint density at radius 1 is 1.12 bits per heavy atom. The number of hydrazine groups is 1. The van der Waals surface area contributed by atoms with E-state index in [4.69, 9.17) is 16.3 Å². The van der Waals surface area contributed by atoms with Crippen LogP contribution in [0.25, 0.3) is 0 Å². The summed E-state index contributed by atoms with van der Waals surface area (Å²) in [6.45, 7) is 8.41. The van der Waals surface area contributed by atoms with Gasteiger partial charge in [0.1, 0.15) is 5.75 Å². The molecule has 1 heterocycles. The molecule has 0 radical (unpaired) electrons. The summed E-state index contributed by atoms with van der Waals surface area (Å²) in [4.78, 5) is 11.9. The summed E-state index contributed by atoms with van der Waals surface area (Å²) < 4.78 is 5.69. The van der Waals surface area contributed by atoms with Crippen LogP contribution in [0.2, 0.25) is 5.15 Å². The number of carbonyl (C=O) groups is 1. The number of nitrogens with one attached hydrogen (secondary N) is 2. The molecule has 0 saturated heterocycles. The molecule has 0 aliphatic carbocycles. The molecular weight excluding hydrogens is 340 g/mol. The molecule has 134 valence electrons. The second-order valence-corrected chi connectivity index (χ2v) is 6.70. The Hall–Kier alpha value is -2.34. The van der Waals surface area contributed by atoms with Crippen LogP contribution >= 0.6 is 11.6 Å². The van der Waals surface area contributed by atoms with Gasteiger partial charge in [-0.05, 0) is 41.2 Å². The summed E-state index contributed by atoms with van der Waals surface area (Å²) in [7, 11) is 0. The van der Waals surface area contributed by atoms with E-state index in [1.165, 1.54) is 5.56 Å². The summed E-state index contributed by atoms with van der Waals surface area (Å²) in [5, 5.41) is 7.74. The van der Waals surface area contributed by atoms with Crippen LogP contribution in [0.3, 0.4) is 0 Å². The number of hydrogen-bond donors (Lipinski definition) is 2. The molecule has 0 aliphatic rings. The minimum atomic E-state index is -0.320. The van der Waals surface area contributed by atoms with Gasteiger partial charge in [-0.15, -0.1) is 10.2 Å². The van der Waals surface area contributed by atoms with Crippen LogP contribution in [0, 0.1) is 0 Å². The van der Waals surface area contributed by atoms with Crippen LogP contribution in [0.1, 0.15) is 50.7 Å². The molecule has 6 nitrogen and oxygen atoms in total. The van der Waals surface area contributed by atoms with E-state index in [9.17, 15) is 4.79 Å². The third-order valence-electron chi connectivity index (χ3n) is 3.64. The van der Waals surface area contributed by atoms with E-state index < -0.39 is 0 Å². The van der Waals surface area contributed by atoms with Gasteiger partial charge in [-0.3, -0.25) is 15.6 Å². The maximum Gasteiger partial charge on any atom is 0.276 e. The highest BCUT2D eigenvalue weighted by molar-refractivity contribution is 6.29. The molecule has 0 saturated carbocycles. The second-order valence-electron chi connectivity index (χ2n) is 6.31. The zero-order valence-electron chi connectivity index (χ0n) is 14.8. The van der Waals surface area contributed by atoms with Gasteiger partial charge in [0.25, 0.3) is 5.91 Å². The summed E-state index contributed by atoms with van der Waals surface area (Å²) in [5.41, 5.74) is 7.51. The number of rotatable bonds is 7. The molecule has 2 aromatic rings. The lowest BCUT2D eigenvalue weighted by molar-refractivity contribution is -0.122. The normalized spacial score (nSPS) is 10.8. The standard InChI is InChI=1S/C18H23ClN4O2/c1-11(2)13-5-6-15(14(9-13)12(3)4)25-10-18(24)23-22-17-8-7-16(19)20-21-17/h5-9,11-12H,10H2,1-4H3,(H,21,22)(H,23,24). The van der Waals surface area contributed by atoms with Crippen LogP contribution in [-0.4, -0.2) is 22.7 Å². The fraction of sp³-hybridized carbons (Fsp3) is 0.389. The van der Waals surface area contributed by atoms with Gasteiger partial charge >= 0.3 is 0 Å². The van der Waals surface area contributed by atoms with Crippen LogP contribution in [0.5, 0.6) is 5.75 Å². The maximum absolute atomic E-state index is 11.9. The molecule has 1 amide bonds. The predicted molar refractivity (Wildman–Crippen MR) is 98.9 cm³/mol. The monoisotopic (exact) mass is 362 g/mol. The third-order valence-corrected chi connectivity index (χ3v) is 3.84. The largest absolute Gasteiger partial charge is 0.483 e. The van der Waals surface area contributed by atoms with Gasteiger partial charge in [0.2, 0.25) is 0 Å². The van der Waals surface area contributed by atoms with Crippen molar-refractivity contribution in [3.63, 3.8) is 0 Å². The SMILES string of the molecule is CC(C)c1ccc(OCC(=O)NNc2ccc(Cl)nn2)c(C(C)C)c1. The zero-order chi connectivity index (χ0) is 18.4. The lowest BCUT2D eigenvalue weighted by Crippen LogP contribution is -2.34. The van der Waals surface area contributed by atoms with Crippen molar-refractivity contribution in [1.82, 2.24) is 15.6 Å². The van der Waals surface area contributed by atoms with Crippen LogP contribution in [0.15, 0.2) is 30.3 Å². The fourth-order valence-corrected chi connectivity index (χ4v) is 2.31. The predicted octanol–water partition coefficient (Wildman–Crippen LogP) is 3.90. The van der Waals surface area contributed by atoms with Crippen molar-refractivity contribution in [3.8, 4) is 5.75 Å². The molecule has 2 N–H and O–H groups in total. The van der Waals surface area contributed by atoms with Crippen molar-refractivity contribution in [3.05, 3.63) is 46.6 Å². The highest BCUT2D eigenvalue weighted by atomic mass is 35.5. The number of halogens is 1. The minimum Gasteiger partial charge on any atom is -0.483 e. The van der Waals surface area contributed by atoms with E-state index in [1.807, 2.05) is 12.1 Å². The molecule has 0 spiro atoms. The van der Waals surface area contributed by atoms with Crippen molar-refractivity contribution < 1.29 is 9.53 Å². The number of aromatic nitrogens is 2. The van der Waals surface area contributed by atoms with E-state index in [1.54, 1.807) is 12.1 Å². The molecule has 25 heavy (non-hydrogen) atoms. The zero-order valence-corrected chi connectivity index (χ0v) is 15.6. The lowest BCUT2D eigenvalue weighted by Gasteiger charge is -2.17. The first-order valence-corrected chi connectivity index (χ1v) is 8.55. The van der Waals surface area contributed by atoms with Crippen molar-refractivity contribution in [2.24, 2.45) is 0 Å². The number of amides is 1. The summed E-state index contributed by atoms with van der Waals surface area (Å²) in [6, 6.07) is 9.29. The molecule has 1 aromatic carbocycles. The number of hydrogen-bond acceptors (Lipinski definition) is 5. The minimum absolute atomic E-state index is 0.102. The van der Waals surface area contributed by atoms with Crippen molar-refractivity contribution >= 4 is 23.3 Å². The highest BCUT2D eigenvalue weighted by Crippen LogP contribution is 2.30. The Morgan fingerprint density at radius 3 is 2.48 bits per heavy atom. The Bertz CT molecular complexity index is 718. The van der Waals surface area contributed by atoms with Crippen LogP contribution in [-0.2, 0) is 4.79 Å². The lowest BCUT2D eigenvalue weighted by atomic mass is 9.95. The number of nitrogens with zero attached hydrogens (tertiary/aromatic N) is 2. The number of carbonyl (C=O) groups excluding carboxylic acids is 1. The fourth-order valence-electron chi connectivity index (χ4n) is 2.20. The van der Waals surface area contributed by atoms with Gasteiger partial charge in [-0.1, -0.05) is 51.4 Å². The van der Waals surface area contributed by atoms with E-state index in [0.29, 0.717) is 17.7 Å². The molecule has 0 unspecified atom stereocenters. The van der Waals surface area contributed by atoms with E-state index >= 15 is 0 Å². The molecule has 0 aliphatic heterocycles. The summed E-state index contributed by atoms with van der Waals surface area (Å²) in [5.74, 6) is 1.54. The molecule has 2 rings (SSSR count). The van der Waals surface area contributed by atoms with Crippen LogP contribution in [0.4, 0.5) is 5.82 Å². The highest BCUT2D eigenvalue weighted by Gasteiger charge is 2.12. The average molecular weight is 363 g/mol. The Labute approximate surface area is 152 Å². The van der Waals surface area contributed by atoms with Crippen LogP contribution < -0.4 is 15.6 Å². The smallest absolute Gasteiger partial charge is 0.276 e. The quantitative estimate of drug-likeness (QED) is 0.730. The topological polar surface area (TPSA) is 76.1 Å². The van der Waals surface area contributed by atoms with Gasteiger partial charge in [0.05, 0.1) is 0 Å². The Morgan fingerprint density at radius 2 is 1.88 bits per heavy atom. The first-order chi connectivity index (χ1) is 11.9. The molecule has 0 bridgehead atoms. The Balaban J connectivity index is 1.93. The van der Waals surface area contributed by atoms with Crippen molar-refractivity contribution in [1.29, 1.82) is 0 Å². The van der Waals surface area contributed by atoms with E-state index in [-0.39, 0.29) is 17.7 Å². The molecule has 0 fully saturated rings. The van der Waals surface area contributed by atoms with Crippen molar-refractivity contribution in [2.75, 3.05) is 12.0 Å². The second kappa shape index (κ2) is 8.67. The van der Waals surface area contributed by atoms with Gasteiger partial charge in [0.15, 0.2) is 17.6 Å². The van der Waals surface area contributed by atoms with Crippen molar-refractivity contribution in [2.45, 2.75) is 39.5 Å². The van der Waals surface area contributed by atoms with Gasteiger partial charge in [0, 0.05) is 0 Å². The number of anilines is 1. The average Bonchev–Trinajstić information content (AvgIpc) is 2.59. The number of benzene rings is 1. The summed E-state index contributed by atoms with van der Waals surface area (Å²) in [6.07, 6.45) is 0. The molecular formula is C18H23ClN4O2. The third kappa shape index (κ3) is 5.60. The summed E-state index contributed by atoms with van der Waals surface area (Å²) >= 11 is 5.65. The molecule has 1 aromatic heterocycles. The maximum atomic E-state index is 11.9. The van der Waals surface area contributed by atoms with Gasteiger partial charge in [-0.2, -0.15) is 0 Å². The van der Waals surface area contributed by atoms with Gasteiger partial charge in [-0.25, -0.2) is 0 Å². The first-order valence-electron chi connectivity index (χ1n) is 8.17. The Kier molecular flexibility index (Phi) is 6.58. The molecule has 0 atom stereocenters. The molecule has 7 heteroatoms. The number of ether oxygens (including phenoxy) is 1.